The van der Waals surface area contributed by atoms with Crippen molar-refractivity contribution in [2.75, 3.05) is 6.66 Å². The fraction of sp³-hybridized carbons (Fsp3) is 0.429. The van der Waals surface area contributed by atoms with E-state index in [9.17, 15) is 14.4 Å². The number of hydrogen-bond donors (Lipinski definition) is 0. The summed E-state index contributed by atoms with van der Waals surface area (Å²) in [5.74, 6) is -0.106. The van der Waals surface area contributed by atoms with Gasteiger partial charge in [-0.3, -0.25) is 9.13 Å². The van der Waals surface area contributed by atoms with Gasteiger partial charge in [0.25, 0.3) is 0 Å². The first-order valence-corrected chi connectivity index (χ1v) is 8.14. The Balaban J connectivity index is 0.000000468. The van der Waals surface area contributed by atoms with Gasteiger partial charge < -0.3 is 0 Å². The fourth-order valence-electron chi connectivity index (χ4n) is 1.58. The van der Waals surface area contributed by atoms with Crippen molar-refractivity contribution in [3.63, 3.8) is 0 Å². The Kier molecular flexibility index (Phi) is 10.6. The Bertz CT molecular complexity index is 613. The third-order valence-corrected chi connectivity index (χ3v) is 3.72. The second-order valence-corrected chi connectivity index (χ2v) is 5.28. The molecule has 0 spiro atoms. The highest BCUT2D eigenvalue weighted by Crippen LogP contribution is 2.04. The van der Waals surface area contributed by atoms with E-state index in [0.29, 0.717) is 6.29 Å². The van der Waals surface area contributed by atoms with E-state index in [-0.39, 0.29) is 27.5 Å². The summed E-state index contributed by atoms with van der Waals surface area (Å²) in [7, 11) is 27.5. The topological polar surface area (TPSA) is 74.0 Å². The van der Waals surface area contributed by atoms with Crippen LogP contribution in [0.15, 0.2) is 9.59 Å². The highest BCUT2D eigenvalue weighted by atomic mass is 31.1. The van der Waals surface area contributed by atoms with E-state index < -0.39 is 24.1 Å². The van der Waals surface area contributed by atoms with Gasteiger partial charge in [-0.25, -0.2) is 14.2 Å². The van der Waals surface area contributed by atoms with Crippen LogP contribution >= 0.6 is 8.73 Å². The molecule has 16 heteroatoms. The van der Waals surface area contributed by atoms with E-state index in [1.165, 1.54) is 11.4 Å². The zero-order valence-electron chi connectivity index (χ0n) is 13.0. The second-order valence-electron chi connectivity index (χ2n) is 4.38. The largest absolute Gasteiger partial charge is 0.353 e. The number of nitrogens with zero attached hydrogens (tertiary/aromatic N) is 3. The molecule has 0 fully saturated rings. The third kappa shape index (κ3) is 6.36. The lowest BCUT2D eigenvalue weighted by Crippen LogP contribution is -2.55. The van der Waals surface area contributed by atoms with Gasteiger partial charge in [0.15, 0.2) is 12.1 Å². The van der Waals surface area contributed by atoms with Crippen LogP contribution in [0.2, 0.25) is 0 Å². The number of carbonyl (C=O) groups excluding carboxylic acids is 1. The number of rotatable bonds is 6. The van der Waals surface area contributed by atoms with Gasteiger partial charge in [0, 0.05) is 71.4 Å². The first-order valence-electron chi connectivity index (χ1n) is 6.69. The molecule has 6 nitrogen and oxygen atoms in total. The van der Waals surface area contributed by atoms with E-state index in [2.05, 4.69) is 4.98 Å². The number of carbonyl (C=O) groups is 1. The highest BCUT2D eigenvalue weighted by molar-refractivity contribution is 7.93. The monoisotopic (exact) mass is 314 g/mol. The summed E-state index contributed by atoms with van der Waals surface area (Å²) in [4.78, 5) is 36.8. The van der Waals surface area contributed by atoms with Crippen molar-refractivity contribution in [2.24, 2.45) is 0 Å². The van der Waals surface area contributed by atoms with Gasteiger partial charge in [-0.15, -0.1) is 0 Å². The molecule has 1 rings (SSSR count). The molecule has 0 amide bonds. The molecule has 1 aromatic rings. The van der Waals surface area contributed by atoms with Crippen LogP contribution in [-0.4, -0.2) is 91.7 Å². The fourth-order valence-corrected chi connectivity index (χ4v) is 2.23. The van der Waals surface area contributed by atoms with Crippen molar-refractivity contribution in [1.82, 2.24) is 13.9 Å². The van der Waals surface area contributed by atoms with Crippen LogP contribution in [0.3, 0.4) is 0 Å². The lowest BCUT2D eigenvalue weighted by Gasteiger charge is -2.17. The average molecular weight is 312 g/mol. The smallest absolute Gasteiger partial charge is 0.294 e. The summed E-state index contributed by atoms with van der Waals surface area (Å²) in [5.41, 5.74) is -1.15. The van der Waals surface area contributed by atoms with Gasteiger partial charge in [0.2, 0.25) is 0 Å². The molecule has 1 heterocycles. The molecule has 1 unspecified atom stereocenters. The standard InChI is InChI=1S/C7H10N3O3P.B9/c1-3-9-6(12)8-5(4-11)10(14-2)7(9)13;1-6-9(7(2)3)8(4)5/h4,14H,3H2,1-2H3;. The van der Waals surface area contributed by atoms with Gasteiger partial charge in [-0.2, -0.15) is 4.98 Å². The minimum absolute atomic E-state index is 0.0810. The minimum atomic E-state index is -0.672. The Morgan fingerprint density at radius 2 is 1.78 bits per heavy atom. The molecular formula is C7H10B9N3O3P. The predicted molar refractivity (Wildman–Crippen MR) is 105 cm³/mol. The molecule has 0 N–H and O–H groups in total. The predicted octanol–water partition coefficient (Wildman–Crippen LogP) is -4.12. The summed E-state index contributed by atoms with van der Waals surface area (Å²) < 4.78 is 2.18. The quantitative estimate of drug-likeness (QED) is 0.304. The van der Waals surface area contributed by atoms with Crippen LogP contribution < -0.4 is 11.4 Å². The maximum absolute atomic E-state index is 11.6. The first-order chi connectivity index (χ1) is 10.7. The Labute approximate surface area is 146 Å². The maximum atomic E-state index is 11.6. The minimum Gasteiger partial charge on any atom is -0.294 e. The molecule has 0 aliphatic carbocycles. The van der Waals surface area contributed by atoms with Crippen LogP contribution in [0.1, 0.15) is 17.5 Å². The Morgan fingerprint density at radius 3 is 2.04 bits per heavy atom. The van der Waals surface area contributed by atoms with E-state index in [0.717, 1.165) is 4.57 Å². The van der Waals surface area contributed by atoms with Crippen LogP contribution in [0, 0.1) is 0 Å². The molecule has 0 saturated carbocycles. The van der Waals surface area contributed by atoms with Crippen molar-refractivity contribution in [1.29, 1.82) is 0 Å². The van der Waals surface area contributed by atoms with Crippen molar-refractivity contribution in [3.05, 3.63) is 26.8 Å². The first kappa shape index (κ1) is 22.3. The molecule has 103 valence electrons. The van der Waals surface area contributed by atoms with Gasteiger partial charge in [-0.1, -0.05) is 0 Å². The average Bonchev–Trinajstić information content (AvgIpc) is 2.47. The van der Waals surface area contributed by atoms with Crippen molar-refractivity contribution >= 4 is 79.9 Å². The maximum Gasteiger partial charge on any atom is 0.353 e. The van der Waals surface area contributed by atoms with Gasteiger partial charge in [0.05, 0.1) is 0 Å². The summed E-state index contributed by atoms with van der Waals surface area (Å²) in [6.07, 6.45) is -1.05. The summed E-state index contributed by atoms with van der Waals surface area (Å²) in [6, 6.07) is 0. The van der Waals surface area contributed by atoms with Crippen LogP contribution in [-0.2, 0) is 6.54 Å². The number of aromatic nitrogens is 3. The summed E-state index contributed by atoms with van der Waals surface area (Å²) >= 11 is 0. The molecule has 11 radical (unpaired) electrons. The third-order valence-electron chi connectivity index (χ3n) is 2.85. The lowest BCUT2D eigenvalue weighted by atomic mass is 8.64. The van der Waals surface area contributed by atoms with E-state index >= 15 is 0 Å². The van der Waals surface area contributed by atoms with E-state index in [4.69, 9.17) is 38.7 Å². The molecule has 1 aromatic heterocycles. The van der Waals surface area contributed by atoms with Crippen molar-refractivity contribution < 1.29 is 4.79 Å². The molecule has 0 aromatic carbocycles. The summed E-state index contributed by atoms with van der Waals surface area (Å²) in [5, 5.41) is 0. The normalized spacial score (nSPS) is 9.83. The molecule has 0 aliphatic rings. The lowest BCUT2D eigenvalue weighted by molar-refractivity contribution is 0.111. The van der Waals surface area contributed by atoms with Crippen molar-refractivity contribution in [2.45, 2.75) is 13.5 Å². The molecule has 0 aliphatic heterocycles. The van der Waals surface area contributed by atoms with Gasteiger partial charge >= 0.3 is 11.4 Å². The number of hydrogen-bond acceptors (Lipinski definition) is 4. The molecule has 0 bridgehead atoms. The molecule has 0 saturated heterocycles. The van der Waals surface area contributed by atoms with Crippen LogP contribution in [0.25, 0.3) is 0 Å². The Hall–Kier alpha value is -0.706. The molecular weight excluding hydrogens is 302 g/mol. The van der Waals surface area contributed by atoms with Gasteiger partial charge in [0.1, 0.15) is 0 Å². The highest BCUT2D eigenvalue weighted by Gasteiger charge is 2.18. The van der Waals surface area contributed by atoms with E-state index in [1.807, 2.05) is 0 Å². The summed E-state index contributed by atoms with van der Waals surface area (Å²) in [6.45, 7) is 3.67. The molecule has 1 atom stereocenters. The second kappa shape index (κ2) is 11.0. The van der Waals surface area contributed by atoms with Crippen molar-refractivity contribution in [3.8, 4) is 0 Å². The zero-order valence-corrected chi connectivity index (χ0v) is 14.0. The number of aldehydes is 1. The van der Waals surface area contributed by atoms with E-state index in [1.54, 1.807) is 13.6 Å². The van der Waals surface area contributed by atoms with Gasteiger partial charge in [-0.05, 0) is 22.3 Å². The van der Waals surface area contributed by atoms with Crippen LogP contribution in [0.4, 0.5) is 0 Å². The zero-order chi connectivity index (χ0) is 18.2. The SMILES string of the molecule is CCn1c(=O)nc(C=O)n(PC)c1=O.[B][B]B(B([B])[B])B([B])[B]. The van der Waals surface area contributed by atoms with Crippen LogP contribution in [0.5, 0.6) is 0 Å². The Morgan fingerprint density at radius 1 is 1.26 bits per heavy atom. The molecule has 23 heavy (non-hydrogen) atoms.